The van der Waals surface area contributed by atoms with Gasteiger partial charge in [-0.25, -0.2) is 0 Å². The van der Waals surface area contributed by atoms with Crippen LogP contribution in [0.25, 0.3) is 0 Å². The highest BCUT2D eigenvalue weighted by molar-refractivity contribution is 5.78. The van der Waals surface area contributed by atoms with Crippen molar-refractivity contribution >= 4 is 5.91 Å². The highest BCUT2D eigenvalue weighted by Gasteiger charge is 2.27. The number of rotatable bonds is 5. The van der Waals surface area contributed by atoms with Gasteiger partial charge in [0.2, 0.25) is 5.91 Å². The third kappa shape index (κ3) is 4.33. The lowest BCUT2D eigenvalue weighted by atomic mass is 10.1. The van der Waals surface area contributed by atoms with E-state index in [1.807, 2.05) is 41.4 Å². The minimum atomic E-state index is 0.182. The Kier molecular flexibility index (Phi) is 5.43. The maximum absolute atomic E-state index is 13.0. The van der Waals surface area contributed by atoms with E-state index in [4.69, 9.17) is 4.74 Å². The standard InChI is InChI=1S/C21H28N4O2/c1-27-20-6-4-17(5-7-20)12-21(26)24-14-18(13-23-10-2-3-11-23)15-25-19(16-24)8-9-22-25/h4-9,18H,2-3,10-16H2,1H3/t18-/m1/s1. The van der Waals surface area contributed by atoms with Crippen LogP contribution in [0.3, 0.4) is 0 Å². The molecule has 2 aromatic rings. The molecule has 1 aromatic carbocycles. The van der Waals surface area contributed by atoms with Gasteiger partial charge in [-0.15, -0.1) is 0 Å². The predicted octanol–water partition coefficient (Wildman–Crippen LogP) is 2.19. The topological polar surface area (TPSA) is 50.6 Å². The molecule has 1 atom stereocenters. The fourth-order valence-corrected chi connectivity index (χ4v) is 4.20. The summed E-state index contributed by atoms with van der Waals surface area (Å²) in [6.45, 7) is 5.75. The van der Waals surface area contributed by atoms with Crippen molar-refractivity contribution in [1.82, 2.24) is 19.6 Å². The number of carbonyl (C=O) groups is 1. The summed E-state index contributed by atoms with van der Waals surface area (Å²) in [4.78, 5) is 17.6. The molecule has 0 aliphatic carbocycles. The summed E-state index contributed by atoms with van der Waals surface area (Å²) in [5, 5.41) is 4.48. The Morgan fingerprint density at radius 3 is 2.67 bits per heavy atom. The van der Waals surface area contributed by atoms with Crippen molar-refractivity contribution in [2.24, 2.45) is 5.92 Å². The molecule has 0 spiro atoms. The first-order valence-electron chi connectivity index (χ1n) is 9.85. The Hall–Kier alpha value is -2.34. The van der Waals surface area contributed by atoms with Crippen LogP contribution >= 0.6 is 0 Å². The van der Waals surface area contributed by atoms with Crippen LogP contribution in [0, 0.1) is 5.92 Å². The number of amides is 1. The number of nitrogens with zero attached hydrogens (tertiary/aromatic N) is 4. The third-order valence-corrected chi connectivity index (χ3v) is 5.65. The number of methoxy groups -OCH3 is 1. The van der Waals surface area contributed by atoms with E-state index in [2.05, 4.69) is 14.7 Å². The molecule has 6 nitrogen and oxygen atoms in total. The molecule has 2 aliphatic rings. The van der Waals surface area contributed by atoms with Gasteiger partial charge in [-0.05, 0) is 49.7 Å². The molecule has 1 fully saturated rings. The van der Waals surface area contributed by atoms with E-state index in [-0.39, 0.29) is 5.91 Å². The first kappa shape index (κ1) is 18.0. The van der Waals surface area contributed by atoms with E-state index in [0.717, 1.165) is 36.6 Å². The second-order valence-electron chi connectivity index (χ2n) is 7.68. The first-order valence-corrected chi connectivity index (χ1v) is 9.85. The second kappa shape index (κ2) is 8.13. The van der Waals surface area contributed by atoms with Gasteiger partial charge in [0.15, 0.2) is 0 Å². The molecule has 6 heteroatoms. The molecule has 0 bridgehead atoms. The maximum Gasteiger partial charge on any atom is 0.227 e. The molecule has 0 N–H and O–H groups in total. The zero-order chi connectivity index (χ0) is 18.6. The maximum atomic E-state index is 13.0. The zero-order valence-corrected chi connectivity index (χ0v) is 16.0. The summed E-state index contributed by atoms with van der Waals surface area (Å²) in [7, 11) is 1.65. The Morgan fingerprint density at radius 1 is 1.15 bits per heavy atom. The van der Waals surface area contributed by atoms with Crippen molar-refractivity contribution in [3.05, 3.63) is 47.8 Å². The first-order chi connectivity index (χ1) is 13.2. The van der Waals surface area contributed by atoms with Crippen LogP contribution in [0.15, 0.2) is 36.5 Å². The summed E-state index contributed by atoms with van der Waals surface area (Å²) in [6.07, 6.45) is 4.86. The molecule has 2 aliphatic heterocycles. The molecule has 3 heterocycles. The van der Waals surface area contributed by atoms with Gasteiger partial charge in [0.1, 0.15) is 5.75 Å². The molecule has 27 heavy (non-hydrogen) atoms. The van der Waals surface area contributed by atoms with Crippen molar-refractivity contribution in [3.63, 3.8) is 0 Å². The van der Waals surface area contributed by atoms with E-state index in [1.165, 1.54) is 25.9 Å². The van der Waals surface area contributed by atoms with Crippen LogP contribution in [-0.2, 0) is 24.3 Å². The van der Waals surface area contributed by atoms with Gasteiger partial charge in [0, 0.05) is 31.7 Å². The predicted molar refractivity (Wildman–Crippen MR) is 104 cm³/mol. The van der Waals surface area contributed by atoms with Gasteiger partial charge >= 0.3 is 0 Å². The van der Waals surface area contributed by atoms with Crippen molar-refractivity contribution < 1.29 is 9.53 Å². The summed E-state index contributed by atoms with van der Waals surface area (Å²) in [6, 6.07) is 9.81. The number of aromatic nitrogens is 2. The second-order valence-corrected chi connectivity index (χ2v) is 7.68. The minimum Gasteiger partial charge on any atom is -0.497 e. The zero-order valence-electron chi connectivity index (χ0n) is 16.0. The monoisotopic (exact) mass is 368 g/mol. The number of fused-ring (bicyclic) bond motifs is 1. The Labute approximate surface area is 160 Å². The van der Waals surface area contributed by atoms with E-state index < -0.39 is 0 Å². The Bertz CT molecular complexity index is 765. The highest BCUT2D eigenvalue weighted by Crippen LogP contribution is 2.20. The fraction of sp³-hybridized carbons (Fsp3) is 0.524. The van der Waals surface area contributed by atoms with Crippen LogP contribution in [-0.4, -0.2) is 58.8 Å². The molecule has 1 saturated heterocycles. The van der Waals surface area contributed by atoms with Gasteiger partial charge in [-0.3, -0.25) is 9.48 Å². The lowest BCUT2D eigenvalue weighted by Crippen LogP contribution is -2.39. The molecule has 1 aromatic heterocycles. The molecule has 144 valence electrons. The Balaban J connectivity index is 1.46. The largest absolute Gasteiger partial charge is 0.497 e. The highest BCUT2D eigenvalue weighted by atomic mass is 16.5. The number of hydrogen-bond donors (Lipinski definition) is 0. The summed E-state index contributed by atoms with van der Waals surface area (Å²) in [5.74, 6) is 1.42. The quantitative estimate of drug-likeness (QED) is 0.812. The molecule has 0 saturated carbocycles. The molecule has 0 radical (unpaired) electrons. The van der Waals surface area contributed by atoms with Gasteiger partial charge in [0.25, 0.3) is 0 Å². The van der Waals surface area contributed by atoms with Crippen molar-refractivity contribution in [1.29, 1.82) is 0 Å². The molecule has 0 unspecified atom stereocenters. The number of carbonyl (C=O) groups excluding carboxylic acids is 1. The summed E-state index contributed by atoms with van der Waals surface area (Å²) in [5.41, 5.74) is 2.15. The van der Waals surface area contributed by atoms with E-state index in [0.29, 0.717) is 18.9 Å². The van der Waals surface area contributed by atoms with E-state index >= 15 is 0 Å². The lowest BCUT2D eigenvalue weighted by molar-refractivity contribution is -0.131. The van der Waals surface area contributed by atoms with E-state index in [9.17, 15) is 4.79 Å². The summed E-state index contributed by atoms with van der Waals surface area (Å²) >= 11 is 0. The van der Waals surface area contributed by atoms with Gasteiger partial charge in [0.05, 0.1) is 25.8 Å². The van der Waals surface area contributed by atoms with Crippen LogP contribution < -0.4 is 4.74 Å². The fourth-order valence-electron chi connectivity index (χ4n) is 4.20. The average molecular weight is 368 g/mol. The van der Waals surface area contributed by atoms with Gasteiger partial charge in [-0.1, -0.05) is 12.1 Å². The Morgan fingerprint density at radius 2 is 1.93 bits per heavy atom. The van der Waals surface area contributed by atoms with E-state index in [1.54, 1.807) is 7.11 Å². The lowest BCUT2D eigenvalue weighted by Gasteiger charge is -2.27. The SMILES string of the molecule is COc1ccc(CC(=O)N2Cc3ccnn3C[C@H](CN3CCCC3)C2)cc1. The van der Waals surface area contributed by atoms with Crippen molar-refractivity contribution in [2.75, 3.05) is 33.3 Å². The van der Waals surface area contributed by atoms with Crippen LogP contribution in [0.2, 0.25) is 0 Å². The van der Waals surface area contributed by atoms with Crippen LogP contribution in [0.4, 0.5) is 0 Å². The van der Waals surface area contributed by atoms with Crippen molar-refractivity contribution in [2.45, 2.75) is 32.4 Å². The minimum absolute atomic E-state index is 0.182. The number of ether oxygens (including phenoxy) is 1. The normalized spacial score (nSPS) is 20.3. The third-order valence-electron chi connectivity index (χ3n) is 5.65. The number of likely N-dealkylation sites (tertiary alicyclic amines) is 1. The van der Waals surface area contributed by atoms with Crippen LogP contribution in [0.1, 0.15) is 24.1 Å². The summed E-state index contributed by atoms with van der Waals surface area (Å²) < 4.78 is 7.29. The average Bonchev–Trinajstić information content (AvgIpc) is 3.31. The molecule has 1 amide bonds. The number of benzene rings is 1. The van der Waals surface area contributed by atoms with Crippen LogP contribution in [0.5, 0.6) is 5.75 Å². The molecular weight excluding hydrogens is 340 g/mol. The van der Waals surface area contributed by atoms with Gasteiger partial charge < -0.3 is 14.5 Å². The van der Waals surface area contributed by atoms with Gasteiger partial charge in [-0.2, -0.15) is 5.10 Å². The number of hydrogen-bond acceptors (Lipinski definition) is 4. The molecule has 4 rings (SSSR count). The molecular formula is C21H28N4O2. The van der Waals surface area contributed by atoms with Crippen molar-refractivity contribution in [3.8, 4) is 5.75 Å². The smallest absolute Gasteiger partial charge is 0.227 e.